The molecule has 3 unspecified atom stereocenters. The van der Waals surface area contributed by atoms with Gasteiger partial charge in [0, 0.05) is 16.5 Å². The normalized spacial score (nSPS) is 19.3. The van der Waals surface area contributed by atoms with Crippen molar-refractivity contribution in [2.24, 2.45) is 5.92 Å². The second-order valence-electron chi connectivity index (χ2n) is 10.6. The van der Waals surface area contributed by atoms with Crippen LogP contribution in [0.2, 0.25) is 0 Å². The molecule has 0 aliphatic carbocycles. The molecule has 8 nitrogen and oxygen atoms in total. The summed E-state index contributed by atoms with van der Waals surface area (Å²) in [6.07, 6.45) is 0. The van der Waals surface area contributed by atoms with E-state index in [9.17, 15) is 19.2 Å². The highest BCUT2D eigenvalue weighted by Gasteiger charge is 2.56. The molecule has 0 radical (unpaired) electrons. The highest BCUT2D eigenvalue weighted by molar-refractivity contribution is 8.00. The molecule has 0 spiro atoms. The molecular weight excluding hydrogens is 583 g/mol. The molecule has 2 N–H and O–H groups in total. The Morgan fingerprint density at radius 1 is 0.907 bits per heavy atom. The number of hydrogen-bond donors (Lipinski definition) is 2. The fourth-order valence-corrected chi connectivity index (χ4v) is 8.25. The molecule has 1 aromatic heterocycles. The van der Waals surface area contributed by atoms with Crippen molar-refractivity contribution in [2.75, 3.05) is 16.8 Å². The molecule has 10 heteroatoms. The number of benzene rings is 4. The summed E-state index contributed by atoms with van der Waals surface area (Å²) in [5.74, 6) is -1.71. The quantitative estimate of drug-likeness (QED) is 0.240. The van der Waals surface area contributed by atoms with E-state index in [4.69, 9.17) is 4.74 Å². The van der Waals surface area contributed by atoms with E-state index < -0.39 is 17.1 Å². The van der Waals surface area contributed by atoms with Gasteiger partial charge in [-0.1, -0.05) is 83.3 Å². The summed E-state index contributed by atoms with van der Waals surface area (Å²) in [4.78, 5) is 57.3. The lowest BCUT2D eigenvalue weighted by molar-refractivity contribution is -0.122. The van der Waals surface area contributed by atoms with E-state index in [0.717, 1.165) is 33.2 Å². The SMILES string of the molecule is Cc1ccc(N2C(=O)C3Sc4[nH]c(=O)sc4C(c4cccc(OCC(=O)Nc5ccc6ccccc6c5)c4)C3C2=O)cc1. The topological polar surface area (TPSA) is 109 Å². The van der Waals surface area contributed by atoms with Crippen LogP contribution < -0.4 is 19.8 Å². The van der Waals surface area contributed by atoms with E-state index in [0.29, 0.717) is 27.0 Å². The molecule has 2 aliphatic heterocycles. The molecule has 3 heterocycles. The number of nitrogens with zero attached hydrogens (tertiary/aromatic N) is 1. The van der Waals surface area contributed by atoms with Gasteiger partial charge in [0.1, 0.15) is 11.0 Å². The number of fused-ring (bicyclic) bond motifs is 3. The van der Waals surface area contributed by atoms with Gasteiger partial charge in [0.25, 0.3) is 5.91 Å². The highest BCUT2D eigenvalue weighted by Crippen LogP contribution is 2.53. The zero-order valence-corrected chi connectivity index (χ0v) is 24.5. The van der Waals surface area contributed by atoms with Crippen molar-refractivity contribution < 1.29 is 19.1 Å². The lowest BCUT2D eigenvalue weighted by Gasteiger charge is -2.30. The lowest BCUT2D eigenvalue weighted by atomic mass is 9.83. The first-order valence-electron chi connectivity index (χ1n) is 13.7. The van der Waals surface area contributed by atoms with Crippen LogP contribution in [-0.4, -0.2) is 34.6 Å². The number of aryl methyl sites for hydroxylation is 1. The Balaban J connectivity index is 1.14. The molecule has 3 amide bonds. The maximum atomic E-state index is 13.9. The number of nitrogens with one attached hydrogen (secondary N) is 2. The van der Waals surface area contributed by atoms with Gasteiger partial charge in [-0.2, -0.15) is 0 Å². The van der Waals surface area contributed by atoms with Crippen molar-refractivity contribution in [3.63, 3.8) is 0 Å². The summed E-state index contributed by atoms with van der Waals surface area (Å²) in [6, 6.07) is 28.1. The lowest BCUT2D eigenvalue weighted by Crippen LogP contribution is -2.32. The van der Waals surface area contributed by atoms with Gasteiger partial charge in [-0.15, -0.1) is 0 Å². The van der Waals surface area contributed by atoms with Gasteiger partial charge in [0.2, 0.25) is 11.8 Å². The van der Waals surface area contributed by atoms with E-state index in [2.05, 4.69) is 10.3 Å². The van der Waals surface area contributed by atoms with E-state index >= 15 is 0 Å². The number of H-pyrrole nitrogens is 1. The number of anilines is 2. The number of aromatic nitrogens is 1. The third kappa shape index (κ3) is 5.02. The first kappa shape index (κ1) is 27.2. The van der Waals surface area contributed by atoms with Gasteiger partial charge in [0.15, 0.2) is 6.61 Å². The Morgan fingerprint density at radius 2 is 1.70 bits per heavy atom. The Kier molecular flexibility index (Phi) is 6.87. The summed E-state index contributed by atoms with van der Waals surface area (Å²) in [6.45, 7) is 1.73. The molecule has 1 fully saturated rings. The minimum Gasteiger partial charge on any atom is -0.484 e. The fourth-order valence-electron chi connectivity index (χ4n) is 5.74. The zero-order valence-electron chi connectivity index (χ0n) is 22.9. The van der Waals surface area contributed by atoms with Gasteiger partial charge < -0.3 is 15.0 Å². The summed E-state index contributed by atoms with van der Waals surface area (Å²) in [7, 11) is 0. The smallest absolute Gasteiger partial charge is 0.305 e. The number of carbonyl (C=O) groups is 3. The number of rotatable bonds is 6. The molecule has 2 aliphatic rings. The van der Waals surface area contributed by atoms with Crippen molar-refractivity contribution in [3.05, 3.63) is 117 Å². The largest absolute Gasteiger partial charge is 0.484 e. The molecule has 4 aromatic carbocycles. The molecule has 43 heavy (non-hydrogen) atoms. The summed E-state index contributed by atoms with van der Waals surface area (Å²) >= 11 is 2.29. The van der Waals surface area contributed by atoms with E-state index in [1.807, 2.05) is 67.6 Å². The average molecular weight is 608 g/mol. The van der Waals surface area contributed by atoms with Crippen molar-refractivity contribution in [1.82, 2.24) is 4.98 Å². The van der Waals surface area contributed by atoms with Crippen LogP contribution in [0.15, 0.2) is 101 Å². The summed E-state index contributed by atoms with van der Waals surface area (Å²) in [5, 5.41) is 4.89. The average Bonchev–Trinajstić information content (AvgIpc) is 3.50. The zero-order chi connectivity index (χ0) is 29.7. The molecule has 7 rings (SSSR count). The van der Waals surface area contributed by atoms with Crippen LogP contribution in [0.5, 0.6) is 5.75 Å². The van der Waals surface area contributed by atoms with Crippen molar-refractivity contribution >= 4 is 63.0 Å². The van der Waals surface area contributed by atoms with Gasteiger partial charge in [-0.05, 0) is 59.7 Å². The van der Waals surface area contributed by atoms with Crippen LogP contribution in [-0.2, 0) is 14.4 Å². The third-order valence-electron chi connectivity index (χ3n) is 7.74. The summed E-state index contributed by atoms with van der Waals surface area (Å²) in [5.41, 5.74) is 2.95. The number of thiazole rings is 1. The molecule has 5 aromatic rings. The van der Waals surface area contributed by atoms with Crippen molar-refractivity contribution in [3.8, 4) is 5.75 Å². The van der Waals surface area contributed by atoms with Crippen molar-refractivity contribution in [1.29, 1.82) is 0 Å². The Morgan fingerprint density at radius 3 is 2.51 bits per heavy atom. The molecule has 0 saturated carbocycles. The number of imide groups is 1. The second-order valence-corrected chi connectivity index (χ2v) is 12.7. The maximum absolute atomic E-state index is 13.9. The van der Waals surface area contributed by atoms with Gasteiger partial charge in [-0.3, -0.25) is 19.2 Å². The van der Waals surface area contributed by atoms with Crippen LogP contribution in [0.4, 0.5) is 11.4 Å². The minimum atomic E-state index is -0.704. The number of carbonyl (C=O) groups excluding carboxylic acids is 3. The van der Waals surface area contributed by atoms with Crippen molar-refractivity contribution in [2.45, 2.75) is 23.1 Å². The van der Waals surface area contributed by atoms with Gasteiger partial charge >= 0.3 is 4.87 Å². The molecule has 214 valence electrons. The van der Waals surface area contributed by atoms with Crippen LogP contribution in [0, 0.1) is 12.8 Å². The predicted octanol–water partition coefficient (Wildman–Crippen LogP) is 5.71. The fraction of sp³-hybridized carbons (Fsp3) is 0.152. The number of aromatic amines is 1. The number of ether oxygens (including phenoxy) is 1. The van der Waals surface area contributed by atoms with Crippen LogP contribution in [0.1, 0.15) is 21.9 Å². The molecule has 1 saturated heterocycles. The first-order chi connectivity index (χ1) is 20.9. The standard InChI is InChI=1S/C33H25N3O5S2/c1-18-9-13-23(14-10-18)36-31(38)27-26(28-30(35-33(40)43-28)42-29(27)32(36)39)21-7-4-8-24(16-21)41-17-25(37)34-22-12-11-19-5-2-3-6-20(19)15-22/h2-16,26-27,29H,17H2,1H3,(H,34,37)(H,35,40). The molecule has 3 atom stereocenters. The predicted molar refractivity (Wildman–Crippen MR) is 168 cm³/mol. The Hall–Kier alpha value is -4.67. The number of hydrogen-bond acceptors (Lipinski definition) is 7. The maximum Gasteiger partial charge on any atom is 0.305 e. The highest BCUT2D eigenvalue weighted by atomic mass is 32.2. The van der Waals surface area contributed by atoms with E-state index in [1.165, 1.54) is 16.7 Å². The monoisotopic (exact) mass is 607 g/mol. The number of thioether (sulfide) groups is 1. The summed E-state index contributed by atoms with van der Waals surface area (Å²) < 4.78 is 5.87. The molecular formula is C33H25N3O5S2. The van der Waals surface area contributed by atoms with E-state index in [-0.39, 0.29) is 29.2 Å². The second kappa shape index (κ2) is 10.9. The first-order valence-corrected chi connectivity index (χ1v) is 15.4. The van der Waals surface area contributed by atoms with Crippen LogP contribution >= 0.6 is 23.1 Å². The van der Waals surface area contributed by atoms with E-state index in [1.54, 1.807) is 30.3 Å². The Labute approximate surface area is 254 Å². The van der Waals surface area contributed by atoms with Gasteiger partial charge in [0.05, 0.1) is 16.6 Å². The van der Waals surface area contributed by atoms with Crippen LogP contribution in [0.25, 0.3) is 10.8 Å². The van der Waals surface area contributed by atoms with Gasteiger partial charge in [-0.25, -0.2) is 4.90 Å². The minimum absolute atomic E-state index is 0.218. The molecule has 0 bridgehead atoms. The Bertz CT molecular complexity index is 1970. The number of amides is 3. The van der Waals surface area contributed by atoms with Crippen LogP contribution in [0.3, 0.4) is 0 Å². The third-order valence-corrected chi connectivity index (χ3v) is 10.1.